The smallest absolute Gasteiger partial charge is 0.339 e. The van der Waals surface area contributed by atoms with Crippen molar-refractivity contribution in [3.63, 3.8) is 0 Å². The zero-order valence-corrected chi connectivity index (χ0v) is 22.1. The fourth-order valence-electron chi connectivity index (χ4n) is 4.47. The summed E-state index contributed by atoms with van der Waals surface area (Å²) in [6.45, 7) is 8.16. The van der Waals surface area contributed by atoms with Crippen LogP contribution in [-0.2, 0) is 31.4 Å². The molecule has 35 heavy (non-hydrogen) atoms. The molecule has 0 radical (unpaired) electrons. The standard InChI is InChI=1S/C23H28ClN3O6S2/c1-3-25-11-13-34-21(25)7-6-16-8-10-27-20-15-18(24)17(23(28)30-4-2)14-19(20)26(22(16)27)9-5-12-31-35-33-32-29/h6-7,14-15H,3-5,8-13H2,1-2H3/p+1. The van der Waals surface area contributed by atoms with Gasteiger partial charge in [-0.25, -0.2) is 19.2 Å². The van der Waals surface area contributed by atoms with Crippen molar-refractivity contribution in [2.45, 2.75) is 39.8 Å². The van der Waals surface area contributed by atoms with Gasteiger partial charge in [0.25, 0.3) is 5.82 Å². The number of ether oxygens (including phenoxy) is 1. The molecule has 1 N–H and O–H groups in total. The molecule has 0 saturated carbocycles. The van der Waals surface area contributed by atoms with E-state index in [-0.39, 0.29) is 6.61 Å². The van der Waals surface area contributed by atoms with Crippen molar-refractivity contribution < 1.29 is 32.9 Å². The Labute approximate surface area is 217 Å². The van der Waals surface area contributed by atoms with Crippen LogP contribution in [0.1, 0.15) is 42.9 Å². The van der Waals surface area contributed by atoms with E-state index in [1.54, 1.807) is 6.92 Å². The number of nitrogens with zero attached hydrogens (tertiary/aromatic N) is 3. The second-order valence-electron chi connectivity index (χ2n) is 7.93. The number of thioether (sulfide) groups is 1. The van der Waals surface area contributed by atoms with Gasteiger partial charge in [0, 0.05) is 49.4 Å². The molecular formula is C23H29ClN3O6S2+. The molecule has 0 unspecified atom stereocenters. The van der Waals surface area contributed by atoms with Crippen LogP contribution in [0.25, 0.3) is 16.6 Å². The highest BCUT2D eigenvalue weighted by Crippen LogP contribution is 2.34. The molecule has 1 aromatic carbocycles. The number of carbonyl (C=O) groups excluding carboxylic acids is 1. The van der Waals surface area contributed by atoms with E-state index in [1.165, 1.54) is 10.6 Å². The molecule has 1 fully saturated rings. The highest BCUT2D eigenvalue weighted by molar-refractivity contribution is 8.03. The number of esters is 1. The SMILES string of the molecule is CCOC(=O)c1cc2c(cc1Cl)n1c([n+]2CCCOSOOO)C(=CC=C2SCCN2CC)CC1. The Morgan fingerprint density at radius 2 is 2.17 bits per heavy atom. The van der Waals surface area contributed by atoms with E-state index in [2.05, 4.69) is 42.5 Å². The number of aromatic nitrogens is 2. The first-order chi connectivity index (χ1) is 17.1. The van der Waals surface area contributed by atoms with Crippen LogP contribution in [0.2, 0.25) is 5.02 Å². The van der Waals surface area contributed by atoms with Gasteiger partial charge in [0.15, 0.2) is 23.4 Å². The number of rotatable bonds is 11. The quantitative estimate of drug-likeness (QED) is 0.107. The maximum Gasteiger partial charge on any atom is 0.339 e. The number of hydrogen-bond donors (Lipinski definition) is 1. The predicted molar refractivity (Wildman–Crippen MR) is 136 cm³/mol. The Hall–Kier alpha value is -1.73. The fourth-order valence-corrected chi connectivity index (χ4v) is 6.05. The van der Waals surface area contributed by atoms with Gasteiger partial charge in [-0.05, 0) is 26.0 Å². The molecule has 12 heteroatoms. The predicted octanol–water partition coefficient (Wildman–Crippen LogP) is 4.85. The maximum absolute atomic E-state index is 12.5. The molecule has 0 atom stereocenters. The van der Waals surface area contributed by atoms with Gasteiger partial charge in [0.05, 0.1) is 41.9 Å². The molecule has 1 aromatic heterocycles. The minimum atomic E-state index is -0.434. The fraction of sp³-hybridized carbons (Fsp3) is 0.478. The van der Waals surface area contributed by atoms with Crippen LogP contribution in [0.15, 0.2) is 29.3 Å². The van der Waals surface area contributed by atoms with E-state index in [0.29, 0.717) is 42.5 Å². The number of imidazole rings is 1. The van der Waals surface area contributed by atoms with Gasteiger partial charge < -0.3 is 9.64 Å². The van der Waals surface area contributed by atoms with Gasteiger partial charge >= 0.3 is 5.97 Å². The van der Waals surface area contributed by atoms with Crippen molar-refractivity contribution in [2.75, 3.05) is 32.1 Å². The first-order valence-corrected chi connectivity index (χ1v) is 13.6. The third-order valence-corrected chi connectivity index (χ3v) is 7.76. The monoisotopic (exact) mass is 542 g/mol. The summed E-state index contributed by atoms with van der Waals surface area (Å²) in [5.41, 5.74) is 3.48. The Kier molecular flexibility index (Phi) is 9.40. The molecule has 1 saturated heterocycles. The second-order valence-corrected chi connectivity index (χ2v) is 9.96. The molecule has 4 rings (SSSR count). The molecule has 0 bridgehead atoms. The van der Waals surface area contributed by atoms with Crippen molar-refractivity contribution in [2.24, 2.45) is 0 Å². The van der Waals surface area contributed by atoms with Gasteiger partial charge in [-0.2, -0.15) is 0 Å². The highest BCUT2D eigenvalue weighted by atomic mass is 35.5. The largest absolute Gasteiger partial charge is 0.462 e. The topological polar surface area (TPSA) is 86.3 Å². The summed E-state index contributed by atoms with van der Waals surface area (Å²) in [6.07, 6.45) is 6.02. The van der Waals surface area contributed by atoms with Gasteiger partial charge in [-0.3, -0.25) is 4.18 Å². The lowest BCUT2D eigenvalue weighted by Gasteiger charge is -2.15. The van der Waals surface area contributed by atoms with E-state index in [1.807, 2.05) is 23.9 Å². The minimum Gasteiger partial charge on any atom is -0.462 e. The van der Waals surface area contributed by atoms with Crippen molar-refractivity contribution in [3.8, 4) is 0 Å². The lowest BCUT2D eigenvalue weighted by atomic mass is 10.1. The zero-order valence-electron chi connectivity index (χ0n) is 19.7. The molecule has 0 spiro atoms. The number of fused-ring (bicyclic) bond motifs is 3. The van der Waals surface area contributed by atoms with E-state index in [9.17, 15) is 4.79 Å². The van der Waals surface area contributed by atoms with E-state index in [0.717, 1.165) is 48.7 Å². The molecule has 0 aliphatic carbocycles. The summed E-state index contributed by atoms with van der Waals surface area (Å²) >= 11 is 8.96. The summed E-state index contributed by atoms with van der Waals surface area (Å²) < 4.78 is 19.2. The van der Waals surface area contributed by atoms with Crippen LogP contribution in [0.3, 0.4) is 0 Å². The lowest BCUT2D eigenvalue weighted by Crippen LogP contribution is -2.37. The molecule has 0 amide bonds. The van der Waals surface area contributed by atoms with Gasteiger partial charge in [-0.15, -0.1) is 16.1 Å². The number of halogens is 1. The van der Waals surface area contributed by atoms with Crippen molar-refractivity contribution >= 4 is 58.3 Å². The molecule has 2 aromatic rings. The first kappa shape index (κ1) is 26.3. The van der Waals surface area contributed by atoms with Crippen LogP contribution >= 0.6 is 35.7 Å². The minimum absolute atomic E-state index is 0.280. The van der Waals surface area contributed by atoms with Crippen molar-refractivity contribution in [3.05, 3.63) is 45.7 Å². The second kappa shape index (κ2) is 12.5. The zero-order chi connectivity index (χ0) is 24.8. The molecule has 9 nitrogen and oxygen atoms in total. The van der Waals surface area contributed by atoms with Crippen LogP contribution in [0.4, 0.5) is 0 Å². The number of aryl methyl sites for hydroxylation is 2. The van der Waals surface area contributed by atoms with Crippen LogP contribution in [0.5, 0.6) is 0 Å². The number of hydrogen-bond acceptors (Lipinski definition) is 9. The third-order valence-electron chi connectivity index (χ3n) is 5.99. The Morgan fingerprint density at radius 1 is 1.31 bits per heavy atom. The normalized spacial score (nSPS) is 17.8. The summed E-state index contributed by atoms with van der Waals surface area (Å²) in [6, 6.07) is 3.68. The molecule has 2 aliphatic rings. The van der Waals surface area contributed by atoms with Crippen LogP contribution in [-0.4, -0.2) is 52.7 Å². The molecule has 3 heterocycles. The van der Waals surface area contributed by atoms with Gasteiger partial charge in [0.1, 0.15) is 0 Å². The van der Waals surface area contributed by atoms with Gasteiger partial charge in [0.2, 0.25) is 0 Å². The van der Waals surface area contributed by atoms with E-state index < -0.39 is 5.97 Å². The van der Waals surface area contributed by atoms with Crippen LogP contribution < -0.4 is 4.57 Å². The summed E-state index contributed by atoms with van der Waals surface area (Å²) in [5.74, 6) is 1.78. The Balaban J connectivity index is 1.71. The van der Waals surface area contributed by atoms with Crippen molar-refractivity contribution in [1.82, 2.24) is 9.47 Å². The highest BCUT2D eigenvalue weighted by Gasteiger charge is 2.34. The number of benzene rings is 1. The number of carbonyl (C=O) groups is 1. The van der Waals surface area contributed by atoms with E-state index >= 15 is 0 Å². The average Bonchev–Trinajstić information content (AvgIpc) is 3.55. The Morgan fingerprint density at radius 3 is 2.94 bits per heavy atom. The van der Waals surface area contributed by atoms with Crippen molar-refractivity contribution in [1.29, 1.82) is 0 Å². The Bertz CT molecular complexity index is 1140. The molecule has 190 valence electrons. The maximum atomic E-state index is 12.5. The lowest BCUT2D eigenvalue weighted by molar-refractivity contribution is -0.674. The first-order valence-electron chi connectivity index (χ1n) is 11.6. The number of allylic oxidation sites excluding steroid dienone is 3. The molecule has 2 aliphatic heterocycles. The van der Waals surface area contributed by atoms with Crippen LogP contribution in [0, 0.1) is 0 Å². The van der Waals surface area contributed by atoms with E-state index in [4.69, 9.17) is 25.8 Å². The summed E-state index contributed by atoms with van der Waals surface area (Å²) in [4.78, 5) is 14.9. The third kappa shape index (κ3) is 5.82. The van der Waals surface area contributed by atoms with Gasteiger partial charge in [-0.1, -0.05) is 16.6 Å². The average molecular weight is 543 g/mol. The molecular weight excluding hydrogens is 514 g/mol. The summed E-state index contributed by atoms with van der Waals surface area (Å²) in [7, 11) is 0. The summed E-state index contributed by atoms with van der Waals surface area (Å²) in [5, 5.41) is 13.4.